The molecule has 3 rings (SSSR count). The number of carbonyl (C=O) groups is 1. The second-order valence-corrected chi connectivity index (χ2v) is 8.85. The van der Waals surface area contributed by atoms with Crippen LogP contribution in [0.15, 0.2) is 18.2 Å². The highest BCUT2D eigenvalue weighted by Gasteiger charge is 2.47. The van der Waals surface area contributed by atoms with Crippen molar-refractivity contribution in [3.63, 3.8) is 0 Å². The SMILES string of the molecule is CC1CCN([C@@H](C(=O)Nc2cc(CC3CC3)ccc2Cl)[C@@H](C)C(F)(F)F)CC1. The molecule has 3 nitrogen and oxygen atoms in total. The van der Waals surface area contributed by atoms with Gasteiger partial charge in [0.2, 0.25) is 5.91 Å². The van der Waals surface area contributed by atoms with Crippen LogP contribution in [0.5, 0.6) is 0 Å². The summed E-state index contributed by atoms with van der Waals surface area (Å²) in [6, 6.07) is 4.17. The fraction of sp³-hybridized carbons (Fsp3) is 0.667. The quantitative estimate of drug-likeness (QED) is 0.661. The molecule has 1 aromatic carbocycles. The molecule has 2 fully saturated rings. The van der Waals surface area contributed by atoms with Crippen LogP contribution in [0.4, 0.5) is 18.9 Å². The van der Waals surface area contributed by atoms with Crippen LogP contribution in [-0.2, 0) is 11.2 Å². The summed E-state index contributed by atoms with van der Waals surface area (Å²) in [6.45, 7) is 4.17. The van der Waals surface area contributed by atoms with Gasteiger partial charge in [0.15, 0.2) is 0 Å². The van der Waals surface area contributed by atoms with Gasteiger partial charge in [0.25, 0.3) is 0 Å². The zero-order valence-electron chi connectivity index (χ0n) is 16.4. The standard InChI is InChI=1S/C21H28ClF3N2O/c1-13-7-9-27(10-8-13)19(14(2)21(23,24)25)20(28)26-18-12-16(5-6-17(18)22)11-15-3-4-15/h5-6,12-15,19H,3-4,7-11H2,1-2H3,(H,26,28)/t14-,19-/m1/s1. The maximum Gasteiger partial charge on any atom is 0.393 e. The van der Waals surface area contributed by atoms with E-state index in [-0.39, 0.29) is 0 Å². The van der Waals surface area contributed by atoms with E-state index in [0.29, 0.717) is 35.6 Å². The smallest absolute Gasteiger partial charge is 0.323 e. The van der Waals surface area contributed by atoms with E-state index in [9.17, 15) is 18.0 Å². The molecule has 0 unspecified atom stereocenters. The van der Waals surface area contributed by atoms with E-state index in [1.54, 1.807) is 17.0 Å². The van der Waals surface area contributed by atoms with Gasteiger partial charge in [-0.25, -0.2) is 0 Å². The molecule has 7 heteroatoms. The van der Waals surface area contributed by atoms with Crippen molar-refractivity contribution in [3.05, 3.63) is 28.8 Å². The van der Waals surface area contributed by atoms with E-state index >= 15 is 0 Å². The zero-order valence-corrected chi connectivity index (χ0v) is 17.1. The van der Waals surface area contributed by atoms with Crippen LogP contribution in [0.3, 0.4) is 0 Å². The number of anilines is 1. The molecule has 0 spiro atoms. The highest BCUT2D eigenvalue weighted by Crippen LogP contribution is 2.36. The van der Waals surface area contributed by atoms with Gasteiger partial charge in [-0.15, -0.1) is 0 Å². The first-order chi connectivity index (χ1) is 13.1. The number of rotatable bonds is 6. The van der Waals surface area contributed by atoms with Gasteiger partial charge in [0, 0.05) is 0 Å². The Bertz CT molecular complexity index is 697. The number of likely N-dealkylation sites (tertiary alicyclic amines) is 1. The van der Waals surface area contributed by atoms with Gasteiger partial charge in [-0.2, -0.15) is 13.2 Å². The predicted molar refractivity (Wildman–Crippen MR) is 105 cm³/mol. The molecular weight excluding hydrogens is 389 g/mol. The minimum atomic E-state index is -4.44. The number of carbonyl (C=O) groups excluding carboxylic acids is 1. The molecule has 2 aliphatic rings. The van der Waals surface area contributed by atoms with Crippen LogP contribution in [-0.4, -0.2) is 36.1 Å². The molecular formula is C21H28ClF3N2O. The third-order valence-corrected chi connectivity index (χ3v) is 6.31. The number of benzene rings is 1. The summed E-state index contributed by atoms with van der Waals surface area (Å²) >= 11 is 6.22. The molecule has 1 aromatic rings. The van der Waals surface area contributed by atoms with E-state index in [0.717, 1.165) is 31.7 Å². The molecule has 28 heavy (non-hydrogen) atoms. The number of halogens is 4. The Morgan fingerprint density at radius 1 is 1.25 bits per heavy atom. The molecule has 0 radical (unpaired) electrons. The molecule has 1 heterocycles. The summed E-state index contributed by atoms with van der Waals surface area (Å²) in [5.41, 5.74) is 1.45. The summed E-state index contributed by atoms with van der Waals surface area (Å²) in [6.07, 6.45) is 0.457. The average molecular weight is 417 g/mol. The summed E-state index contributed by atoms with van der Waals surface area (Å²) in [5, 5.41) is 3.04. The Hall–Kier alpha value is -1.27. The van der Waals surface area contributed by atoms with Gasteiger partial charge in [-0.05, 0) is 74.7 Å². The Kier molecular flexibility index (Phi) is 6.60. The molecule has 156 valence electrons. The first-order valence-corrected chi connectivity index (χ1v) is 10.4. The van der Waals surface area contributed by atoms with Crippen LogP contribution in [0.25, 0.3) is 0 Å². The van der Waals surface area contributed by atoms with Crippen molar-refractivity contribution in [2.45, 2.75) is 58.2 Å². The summed E-state index contributed by atoms with van der Waals surface area (Å²) in [7, 11) is 0. The lowest BCUT2D eigenvalue weighted by Gasteiger charge is -2.39. The lowest BCUT2D eigenvalue weighted by atomic mass is 9.92. The molecule has 0 bridgehead atoms. The van der Waals surface area contributed by atoms with E-state index < -0.39 is 24.0 Å². The second kappa shape index (κ2) is 8.62. The van der Waals surface area contributed by atoms with Crippen molar-refractivity contribution in [1.29, 1.82) is 0 Å². The van der Waals surface area contributed by atoms with Crippen LogP contribution < -0.4 is 5.32 Å². The molecule has 1 aliphatic heterocycles. The Morgan fingerprint density at radius 2 is 1.89 bits per heavy atom. The first kappa shape index (κ1) is 21.4. The van der Waals surface area contributed by atoms with Crippen LogP contribution >= 0.6 is 11.6 Å². The number of nitrogens with zero attached hydrogens (tertiary/aromatic N) is 1. The van der Waals surface area contributed by atoms with Gasteiger partial charge in [-0.3, -0.25) is 9.69 Å². The molecule has 1 saturated carbocycles. The van der Waals surface area contributed by atoms with Crippen molar-refractivity contribution >= 4 is 23.2 Å². The third-order valence-electron chi connectivity index (χ3n) is 5.98. The highest BCUT2D eigenvalue weighted by molar-refractivity contribution is 6.33. The normalized spacial score (nSPS) is 21.4. The Balaban J connectivity index is 1.78. The predicted octanol–water partition coefficient (Wildman–Crippen LogP) is 5.53. The molecule has 1 aliphatic carbocycles. The fourth-order valence-corrected chi connectivity index (χ4v) is 4.02. The Labute approximate surface area is 169 Å². The number of hydrogen-bond acceptors (Lipinski definition) is 2. The maximum absolute atomic E-state index is 13.5. The van der Waals surface area contributed by atoms with Gasteiger partial charge in [0.05, 0.1) is 16.6 Å². The van der Waals surface area contributed by atoms with E-state index in [2.05, 4.69) is 12.2 Å². The first-order valence-electron chi connectivity index (χ1n) is 10.0. The van der Waals surface area contributed by atoms with Crippen LogP contribution in [0.1, 0.15) is 45.1 Å². The van der Waals surface area contributed by atoms with E-state index in [4.69, 9.17) is 11.6 Å². The van der Waals surface area contributed by atoms with Crippen LogP contribution in [0, 0.1) is 17.8 Å². The minimum Gasteiger partial charge on any atom is -0.323 e. The minimum absolute atomic E-state index is 0.346. The van der Waals surface area contributed by atoms with Crippen molar-refractivity contribution in [1.82, 2.24) is 4.90 Å². The van der Waals surface area contributed by atoms with Gasteiger partial charge in [0.1, 0.15) is 6.04 Å². The number of piperidine rings is 1. The monoisotopic (exact) mass is 416 g/mol. The molecule has 0 aromatic heterocycles. The largest absolute Gasteiger partial charge is 0.393 e. The number of hydrogen-bond donors (Lipinski definition) is 1. The van der Waals surface area contributed by atoms with Crippen molar-refractivity contribution in [2.75, 3.05) is 18.4 Å². The molecule has 2 atom stereocenters. The lowest BCUT2D eigenvalue weighted by Crippen LogP contribution is -2.54. The van der Waals surface area contributed by atoms with Crippen molar-refractivity contribution in [3.8, 4) is 0 Å². The lowest BCUT2D eigenvalue weighted by molar-refractivity contribution is -0.189. The van der Waals surface area contributed by atoms with Gasteiger partial charge < -0.3 is 5.32 Å². The highest BCUT2D eigenvalue weighted by atomic mass is 35.5. The topological polar surface area (TPSA) is 32.3 Å². The van der Waals surface area contributed by atoms with Gasteiger partial charge in [-0.1, -0.05) is 31.5 Å². The molecule has 1 N–H and O–H groups in total. The van der Waals surface area contributed by atoms with E-state index in [1.807, 2.05) is 6.07 Å². The number of nitrogens with one attached hydrogen (secondary N) is 1. The summed E-state index contributed by atoms with van der Waals surface area (Å²) in [4.78, 5) is 14.6. The van der Waals surface area contributed by atoms with Crippen LogP contribution in [0.2, 0.25) is 5.02 Å². The summed E-state index contributed by atoms with van der Waals surface area (Å²) < 4.78 is 40.5. The Morgan fingerprint density at radius 3 is 2.46 bits per heavy atom. The van der Waals surface area contributed by atoms with Crippen molar-refractivity contribution in [2.24, 2.45) is 17.8 Å². The third kappa shape index (κ3) is 5.41. The summed E-state index contributed by atoms with van der Waals surface area (Å²) in [5.74, 6) is -1.26. The molecule has 1 saturated heterocycles. The number of alkyl halides is 3. The van der Waals surface area contributed by atoms with Crippen molar-refractivity contribution < 1.29 is 18.0 Å². The second-order valence-electron chi connectivity index (χ2n) is 8.44. The average Bonchev–Trinajstić information content (AvgIpc) is 3.43. The number of amides is 1. The maximum atomic E-state index is 13.5. The fourth-order valence-electron chi connectivity index (χ4n) is 3.85. The van der Waals surface area contributed by atoms with Gasteiger partial charge >= 0.3 is 6.18 Å². The van der Waals surface area contributed by atoms with E-state index in [1.165, 1.54) is 12.8 Å². The zero-order chi connectivity index (χ0) is 20.5. The molecule has 1 amide bonds.